The predicted molar refractivity (Wildman–Crippen MR) is 109 cm³/mol. The first-order chi connectivity index (χ1) is 13.1. The summed E-state index contributed by atoms with van der Waals surface area (Å²) in [6.45, 7) is 2.25. The number of hydrogen-bond acceptors (Lipinski definition) is 5. The van der Waals surface area contributed by atoms with Gasteiger partial charge in [-0.1, -0.05) is 6.08 Å². The lowest BCUT2D eigenvalue weighted by molar-refractivity contribution is -0.116. The van der Waals surface area contributed by atoms with Crippen LogP contribution in [0.25, 0.3) is 5.69 Å². The SMILES string of the molecule is CN1CCN=C1c1ccc(-n2cc(CNC(=O)C3=CCC(Cl)S3)cn2)cc1. The third kappa shape index (κ3) is 4.04. The molecule has 2 aliphatic rings. The minimum absolute atomic E-state index is 0.0357. The molecule has 2 aliphatic heterocycles. The van der Waals surface area contributed by atoms with Crippen molar-refractivity contribution in [1.82, 2.24) is 20.0 Å². The van der Waals surface area contributed by atoms with Gasteiger partial charge in [0.05, 0.1) is 28.0 Å². The van der Waals surface area contributed by atoms with Gasteiger partial charge in [0.1, 0.15) is 5.84 Å². The number of hydrogen-bond donors (Lipinski definition) is 1. The van der Waals surface area contributed by atoms with E-state index in [4.69, 9.17) is 11.6 Å². The van der Waals surface area contributed by atoms with E-state index in [1.165, 1.54) is 11.8 Å². The zero-order valence-electron chi connectivity index (χ0n) is 14.9. The predicted octanol–water partition coefficient (Wildman–Crippen LogP) is 2.77. The summed E-state index contributed by atoms with van der Waals surface area (Å²) in [4.78, 5) is 19.5. The van der Waals surface area contributed by atoms with Gasteiger partial charge in [0.15, 0.2) is 0 Å². The number of likely N-dealkylation sites (N-methyl/N-ethyl adjacent to an activating group) is 1. The molecule has 1 amide bonds. The molecule has 0 fully saturated rings. The molecule has 1 aromatic carbocycles. The maximum atomic E-state index is 12.1. The number of aromatic nitrogens is 2. The second-order valence-corrected chi connectivity index (χ2v) is 8.51. The summed E-state index contributed by atoms with van der Waals surface area (Å²) in [5.41, 5.74) is 3.02. The quantitative estimate of drug-likeness (QED) is 0.782. The highest BCUT2D eigenvalue weighted by Gasteiger charge is 2.20. The Labute approximate surface area is 167 Å². The van der Waals surface area contributed by atoms with Crippen LogP contribution in [0.1, 0.15) is 17.5 Å². The molecule has 3 heterocycles. The van der Waals surface area contributed by atoms with Crippen LogP contribution in [0.3, 0.4) is 0 Å². The Bertz CT molecular complexity index is 905. The number of aliphatic imine (C=N–C) groups is 1. The van der Waals surface area contributed by atoms with Gasteiger partial charge >= 0.3 is 0 Å². The number of nitrogens with one attached hydrogen (secondary N) is 1. The molecule has 1 aromatic heterocycles. The fourth-order valence-electron chi connectivity index (χ4n) is 3.05. The van der Waals surface area contributed by atoms with Crippen LogP contribution < -0.4 is 5.32 Å². The molecule has 1 unspecified atom stereocenters. The Morgan fingerprint density at radius 3 is 2.85 bits per heavy atom. The van der Waals surface area contributed by atoms with Crippen LogP contribution in [0.15, 0.2) is 52.6 Å². The van der Waals surface area contributed by atoms with Crippen molar-refractivity contribution >= 4 is 35.1 Å². The van der Waals surface area contributed by atoms with Crippen molar-refractivity contribution in [2.45, 2.75) is 17.7 Å². The van der Waals surface area contributed by atoms with Gasteiger partial charge in [-0.25, -0.2) is 4.68 Å². The zero-order valence-corrected chi connectivity index (χ0v) is 16.5. The van der Waals surface area contributed by atoms with Crippen molar-refractivity contribution < 1.29 is 4.79 Å². The number of nitrogens with zero attached hydrogens (tertiary/aromatic N) is 4. The molecule has 0 radical (unpaired) electrons. The van der Waals surface area contributed by atoms with Crippen LogP contribution in [-0.4, -0.2) is 51.3 Å². The lowest BCUT2D eigenvalue weighted by atomic mass is 10.2. The van der Waals surface area contributed by atoms with E-state index < -0.39 is 0 Å². The first kappa shape index (κ1) is 18.1. The maximum absolute atomic E-state index is 12.1. The molecule has 1 N–H and O–H groups in total. The molecule has 1 atom stereocenters. The normalized spacial score (nSPS) is 19.2. The van der Waals surface area contributed by atoms with E-state index in [-0.39, 0.29) is 10.6 Å². The number of carbonyl (C=O) groups excluding carboxylic acids is 1. The third-order valence-electron chi connectivity index (χ3n) is 4.50. The Morgan fingerprint density at radius 1 is 1.37 bits per heavy atom. The summed E-state index contributed by atoms with van der Waals surface area (Å²) in [5, 5.41) is 7.32. The van der Waals surface area contributed by atoms with Gasteiger partial charge in [-0.3, -0.25) is 9.79 Å². The summed E-state index contributed by atoms with van der Waals surface area (Å²) in [7, 11) is 2.06. The van der Waals surface area contributed by atoms with Crippen molar-refractivity contribution in [2.75, 3.05) is 20.1 Å². The van der Waals surface area contributed by atoms with E-state index in [1.807, 2.05) is 29.1 Å². The molecule has 0 saturated heterocycles. The van der Waals surface area contributed by atoms with E-state index in [1.54, 1.807) is 6.20 Å². The second-order valence-electron chi connectivity index (χ2n) is 6.48. The minimum atomic E-state index is -0.0817. The fraction of sp³-hybridized carbons (Fsp3) is 0.316. The molecule has 0 aliphatic carbocycles. The topological polar surface area (TPSA) is 62.5 Å². The Morgan fingerprint density at radius 2 is 2.19 bits per heavy atom. The molecule has 2 aromatic rings. The van der Waals surface area contributed by atoms with Crippen LogP contribution in [0.2, 0.25) is 0 Å². The molecular weight excluding hydrogens is 382 g/mol. The molecule has 8 heteroatoms. The highest BCUT2D eigenvalue weighted by molar-refractivity contribution is 8.05. The highest BCUT2D eigenvalue weighted by atomic mass is 35.5. The monoisotopic (exact) mass is 401 g/mol. The van der Waals surface area contributed by atoms with Crippen LogP contribution in [0.5, 0.6) is 0 Å². The maximum Gasteiger partial charge on any atom is 0.257 e. The molecule has 6 nitrogen and oxygen atoms in total. The number of thioether (sulfide) groups is 1. The second kappa shape index (κ2) is 7.78. The first-order valence-electron chi connectivity index (χ1n) is 8.79. The molecule has 140 valence electrons. The van der Waals surface area contributed by atoms with E-state index in [0.29, 0.717) is 11.4 Å². The van der Waals surface area contributed by atoms with Crippen molar-refractivity contribution in [2.24, 2.45) is 4.99 Å². The summed E-state index contributed by atoms with van der Waals surface area (Å²) >= 11 is 7.41. The molecule has 4 rings (SSSR count). The van der Waals surface area contributed by atoms with Gasteiger partial charge in [-0.2, -0.15) is 5.10 Å². The zero-order chi connectivity index (χ0) is 18.8. The first-order valence-corrected chi connectivity index (χ1v) is 10.1. The fourth-order valence-corrected chi connectivity index (χ4v) is 4.27. The molecular formula is C19H20ClN5OS. The summed E-state index contributed by atoms with van der Waals surface area (Å²) in [6.07, 6.45) is 6.30. The van der Waals surface area contributed by atoms with Crippen molar-refractivity contribution in [3.8, 4) is 5.69 Å². The lowest BCUT2D eigenvalue weighted by Gasteiger charge is -2.14. The summed E-state index contributed by atoms with van der Waals surface area (Å²) < 4.78 is 1.77. The largest absolute Gasteiger partial charge is 0.358 e. The smallest absolute Gasteiger partial charge is 0.257 e. The van der Waals surface area contributed by atoms with E-state index in [2.05, 4.69) is 39.5 Å². The molecule has 0 bridgehead atoms. The number of amidine groups is 1. The number of benzene rings is 1. The Hall–Kier alpha value is -2.25. The van der Waals surface area contributed by atoms with Crippen molar-refractivity contribution in [3.63, 3.8) is 0 Å². The van der Waals surface area contributed by atoms with Crippen LogP contribution in [0, 0.1) is 0 Å². The lowest BCUT2D eigenvalue weighted by Crippen LogP contribution is -2.23. The Balaban J connectivity index is 1.38. The average molecular weight is 402 g/mol. The van der Waals surface area contributed by atoms with Gasteiger partial charge in [0.2, 0.25) is 0 Å². The molecule has 0 saturated carbocycles. The number of allylic oxidation sites excluding steroid dienone is 1. The van der Waals surface area contributed by atoms with Crippen molar-refractivity contribution in [1.29, 1.82) is 0 Å². The number of halogens is 1. The standard InChI is InChI=1S/C19H20ClN5OS/c1-24-9-8-21-18(24)14-2-4-15(5-3-14)25-12-13(11-23-25)10-22-19(26)16-6-7-17(20)27-16/h2-6,11-12,17H,7-10H2,1H3,(H,22,26). The summed E-state index contributed by atoms with van der Waals surface area (Å²) in [6, 6.07) is 8.18. The van der Waals surface area contributed by atoms with Gasteiger partial charge in [0.25, 0.3) is 5.91 Å². The minimum Gasteiger partial charge on any atom is -0.358 e. The number of rotatable bonds is 5. The van der Waals surface area contributed by atoms with E-state index in [9.17, 15) is 4.79 Å². The Kier molecular flexibility index (Phi) is 5.22. The van der Waals surface area contributed by atoms with Crippen LogP contribution >= 0.6 is 23.4 Å². The van der Waals surface area contributed by atoms with Gasteiger partial charge in [-0.05, 0) is 30.7 Å². The molecule has 0 spiro atoms. The third-order valence-corrected chi connectivity index (χ3v) is 6.00. The van der Waals surface area contributed by atoms with Gasteiger partial charge in [0, 0.05) is 37.5 Å². The number of alkyl halides is 1. The summed E-state index contributed by atoms with van der Waals surface area (Å²) in [5.74, 6) is 0.949. The van der Waals surface area contributed by atoms with E-state index in [0.717, 1.165) is 42.2 Å². The van der Waals surface area contributed by atoms with E-state index >= 15 is 0 Å². The van der Waals surface area contributed by atoms with Gasteiger partial charge < -0.3 is 10.2 Å². The molecule has 27 heavy (non-hydrogen) atoms. The van der Waals surface area contributed by atoms with Crippen LogP contribution in [0.4, 0.5) is 0 Å². The van der Waals surface area contributed by atoms with Crippen LogP contribution in [-0.2, 0) is 11.3 Å². The highest BCUT2D eigenvalue weighted by Crippen LogP contribution is 2.34. The average Bonchev–Trinajstić information content (AvgIpc) is 3.41. The number of amides is 1. The van der Waals surface area contributed by atoms with Crippen molar-refractivity contribution in [3.05, 3.63) is 58.8 Å². The number of carbonyl (C=O) groups is 1. The van der Waals surface area contributed by atoms with Gasteiger partial charge in [-0.15, -0.1) is 23.4 Å².